The first kappa shape index (κ1) is 12.1. The van der Waals surface area contributed by atoms with Crippen molar-refractivity contribution >= 4 is 11.3 Å². The van der Waals surface area contributed by atoms with Crippen LogP contribution in [0, 0.1) is 0 Å². The number of hydrogen-bond acceptors (Lipinski definition) is 6. The van der Waals surface area contributed by atoms with Crippen LogP contribution in [-0.4, -0.2) is 23.3 Å². The molecule has 0 aliphatic carbocycles. The van der Waals surface area contributed by atoms with Crippen molar-refractivity contribution < 1.29 is 9.15 Å². The zero-order chi connectivity index (χ0) is 12.3. The molecular weight excluding hydrogens is 238 g/mol. The first-order valence-corrected chi connectivity index (χ1v) is 6.26. The molecule has 0 atom stereocenters. The fourth-order valence-electron chi connectivity index (χ4n) is 1.32. The van der Waals surface area contributed by atoms with E-state index in [9.17, 15) is 0 Å². The van der Waals surface area contributed by atoms with Gasteiger partial charge in [0.2, 0.25) is 5.89 Å². The molecule has 92 valence electrons. The molecule has 2 rings (SSSR count). The lowest BCUT2D eigenvalue weighted by Crippen LogP contribution is -2.21. The molecule has 2 aromatic rings. The molecule has 0 radical (unpaired) electrons. The summed E-state index contributed by atoms with van der Waals surface area (Å²) in [5.74, 6) is 1.86. The Hall–Kier alpha value is -1.40. The Morgan fingerprint density at radius 3 is 3.00 bits per heavy atom. The lowest BCUT2D eigenvalue weighted by Gasteiger charge is -2.03. The molecule has 5 nitrogen and oxygen atoms in total. The van der Waals surface area contributed by atoms with E-state index in [1.807, 2.05) is 11.4 Å². The normalized spacial score (nSPS) is 11.1. The molecule has 0 aliphatic heterocycles. The maximum Gasteiger partial charge on any atom is 0.261 e. The summed E-state index contributed by atoms with van der Waals surface area (Å²) < 4.78 is 10.8. The van der Waals surface area contributed by atoms with Crippen LogP contribution in [0.2, 0.25) is 0 Å². The van der Waals surface area contributed by atoms with Crippen LogP contribution in [0.25, 0.3) is 10.8 Å². The van der Waals surface area contributed by atoms with Gasteiger partial charge in [0.05, 0.1) is 13.7 Å². The van der Waals surface area contributed by atoms with Crippen LogP contribution in [0.15, 0.2) is 15.9 Å². The Bertz CT molecular complexity index is 479. The highest BCUT2D eigenvalue weighted by Gasteiger charge is 2.14. The SMILES string of the molecule is COc1ccsc1-c1nnc(CNC(C)C)o1. The van der Waals surface area contributed by atoms with Gasteiger partial charge in [0, 0.05) is 6.04 Å². The van der Waals surface area contributed by atoms with Gasteiger partial charge < -0.3 is 14.5 Å². The molecule has 0 amide bonds. The Kier molecular flexibility index (Phi) is 3.75. The highest BCUT2D eigenvalue weighted by atomic mass is 32.1. The number of methoxy groups -OCH3 is 1. The van der Waals surface area contributed by atoms with Crippen LogP contribution in [0.3, 0.4) is 0 Å². The Labute approximate surface area is 104 Å². The lowest BCUT2D eigenvalue weighted by molar-refractivity contribution is 0.414. The maximum absolute atomic E-state index is 5.57. The number of thiophene rings is 1. The van der Waals surface area contributed by atoms with E-state index < -0.39 is 0 Å². The van der Waals surface area contributed by atoms with Crippen LogP contribution >= 0.6 is 11.3 Å². The zero-order valence-electron chi connectivity index (χ0n) is 10.1. The van der Waals surface area contributed by atoms with Gasteiger partial charge in [-0.15, -0.1) is 21.5 Å². The molecule has 0 aromatic carbocycles. The van der Waals surface area contributed by atoms with Crippen molar-refractivity contribution in [3.8, 4) is 16.5 Å². The summed E-state index contributed by atoms with van der Waals surface area (Å²) in [7, 11) is 1.63. The predicted molar refractivity (Wildman–Crippen MR) is 66.1 cm³/mol. The average molecular weight is 253 g/mol. The summed E-state index contributed by atoms with van der Waals surface area (Å²) in [5.41, 5.74) is 0. The molecule has 6 heteroatoms. The van der Waals surface area contributed by atoms with Crippen molar-refractivity contribution in [1.82, 2.24) is 15.5 Å². The van der Waals surface area contributed by atoms with Gasteiger partial charge >= 0.3 is 0 Å². The molecule has 0 saturated carbocycles. The maximum atomic E-state index is 5.57. The van der Waals surface area contributed by atoms with Gasteiger partial charge in [0.25, 0.3) is 5.89 Å². The van der Waals surface area contributed by atoms with Crippen LogP contribution in [-0.2, 0) is 6.54 Å². The molecule has 0 bridgehead atoms. The largest absolute Gasteiger partial charge is 0.495 e. The minimum absolute atomic E-state index is 0.390. The van der Waals surface area contributed by atoms with Crippen molar-refractivity contribution in [2.24, 2.45) is 0 Å². The molecule has 0 spiro atoms. The van der Waals surface area contributed by atoms with Crippen molar-refractivity contribution in [2.75, 3.05) is 7.11 Å². The van der Waals surface area contributed by atoms with E-state index in [1.54, 1.807) is 7.11 Å². The fraction of sp³-hybridized carbons (Fsp3) is 0.455. The molecule has 2 heterocycles. The van der Waals surface area contributed by atoms with Crippen LogP contribution in [0.1, 0.15) is 19.7 Å². The minimum Gasteiger partial charge on any atom is -0.495 e. The molecule has 17 heavy (non-hydrogen) atoms. The number of aromatic nitrogens is 2. The Morgan fingerprint density at radius 1 is 1.47 bits per heavy atom. The summed E-state index contributed by atoms with van der Waals surface area (Å²) >= 11 is 1.52. The van der Waals surface area contributed by atoms with E-state index in [-0.39, 0.29) is 0 Å². The standard InChI is InChI=1S/C11H15N3O2S/c1-7(2)12-6-9-13-14-11(16-9)10-8(15-3)4-5-17-10/h4-5,7,12H,6H2,1-3H3. The van der Waals surface area contributed by atoms with E-state index >= 15 is 0 Å². The molecule has 2 aromatic heterocycles. The van der Waals surface area contributed by atoms with Gasteiger partial charge in [-0.05, 0) is 11.4 Å². The molecule has 0 saturated heterocycles. The molecule has 0 unspecified atom stereocenters. The first-order chi connectivity index (χ1) is 8.20. The third kappa shape index (κ3) is 2.83. The van der Waals surface area contributed by atoms with Gasteiger partial charge in [-0.3, -0.25) is 0 Å². The van der Waals surface area contributed by atoms with Crippen molar-refractivity contribution in [2.45, 2.75) is 26.4 Å². The van der Waals surface area contributed by atoms with Crippen LogP contribution in [0.4, 0.5) is 0 Å². The summed E-state index contributed by atoms with van der Waals surface area (Å²) in [6, 6.07) is 2.28. The first-order valence-electron chi connectivity index (χ1n) is 5.38. The average Bonchev–Trinajstić information content (AvgIpc) is 2.94. The van der Waals surface area contributed by atoms with Crippen molar-refractivity contribution in [1.29, 1.82) is 0 Å². The number of nitrogens with zero attached hydrogens (tertiary/aromatic N) is 2. The van der Waals surface area contributed by atoms with Crippen molar-refractivity contribution in [3.05, 3.63) is 17.3 Å². The van der Waals surface area contributed by atoms with E-state index in [0.717, 1.165) is 10.6 Å². The minimum atomic E-state index is 0.390. The Balaban J connectivity index is 2.12. The topological polar surface area (TPSA) is 60.2 Å². The zero-order valence-corrected chi connectivity index (χ0v) is 10.9. The molecular formula is C11H15N3O2S. The summed E-state index contributed by atoms with van der Waals surface area (Å²) in [6.07, 6.45) is 0. The number of rotatable bonds is 5. The van der Waals surface area contributed by atoms with Gasteiger partial charge in [-0.2, -0.15) is 0 Å². The summed E-state index contributed by atoms with van der Waals surface area (Å²) in [4.78, 5) is 0.871. The number of hydrogen-bond donors (Lipinski definition) is 1. The smallest absolute Gasteiger partial charge is 0.261 e. The van der Waals surface area contributed by atoms with E-state index in [4.69, 9.17) is 9.15 Å². The predicted octanol–water partition coefficient (Wildman–Crippen LogP) is 2.30. The second-order valence-corrected chi connectivity index (χ2v) is 4.77. The van der Waals surface area contributed by atoms with Gasteiger partial charge in [-0.1, -0.05) is 13.8 Å². The quantitative estimate of drug-likeness (QED) is 0.886. The molecule has 0 fully saturated rings. The monoisotopic (exact) mass is 253 g/mol. The fourth-order valence-corrected chi connectivity index (χ4v) is 2.10. The van der Waals surface area contributed by atoms with Crippen molar-refractivity contribution in [3.63, 3.8) is 0 Å². The van der Waals surface area contributed by atoms with E-state index in [1.165, 1.54) is 11.3 Å². The third-order valence-corrected chi connectivity index (χ3v) is 3.06. The number of ether oxygens (including phenoxy) is 1. The van der Waals surface area contributed by atoms with Crippen LogP contribution in [0.5, 0.6) is 5.75 Å². The second kappa shape index (κ2) is 5.29. The van der Waals surface area contributed by atoms with Gasteiger partial charge in [0.15, 0.2) is 0 Å². The molecule has 1 N–H and O–H groups in total. The third-order valence-electron chi connectivity index (χ3n) is 2.17. The number of nitrogens with one attached hydrogen (secondary N) is 1. The lowest BCUT2D eigenvalue weighted by atomic mass is 10.4. The second-order valence-electron chi connectivity index (χ2n) is 3.85. The Morgan fingerprint density at radius 2 is 2.29 bits per heavy atom. The summed E-state index contributed by atoms with van der Waals surface area (Å²) in [5, 5.41) is 13.2. The molecule has 0 aliphatic rings. The van der Waals surface area contributed by atoms with E-state index in [2.05, 4.69) is 29.4 Å². The summed E-state index contributed by atoms with van der Waals surface area (Å²) in [6.45, 7) is 4.72. The van der Waals surface area contributed by atoms with Crippen LogP contribution < -0.4 is 10.1 Å². The van der Waals surface area contributed by atoms with Gasteiger partial charge in [-0.25, -0.2) is 0 Å². The van der Waals surface area contributed by atoms with E-state index in [0.29, 0.717) is 24.4 Å². The van der Waals surface area contributed by atoms with Gasteiger partial charge in [0.1, 0.15) is 10.6 Å². The highest BCUT2D eigenvalue weighted by Crippen LogP contribution is 2.34. The highest BCUT2D eigenvalue weighted by molar-refractivity contribution is 7.13.